The number of rotatable bonds is 10. The highest BCUT2D eigenvalue weighted by molar-refractivity contribution is 6.07. The first-order valence-electron chi connectivity index (χ1n) is 15.4. The third-order valence-electron chi connectivity index (χ3n) is 9.04. The highest BCUT2D eigenvalue weighted by atomic mass is 16.3. The highest BCUT2D eigenvalue weighted by Crippen LogP contribution is 2.45. The van der Waals surface area contributed by atoms with Gasteiger partial charge in [-0.3, -0.25) is 14.4 Å². The van der Waals surface area contributed by atoms with Crippen LogP contribution in [0.25, 0.3) is 10.9 Å². The number of nitrogens with zero attached hydrogens (tertiary/aromatic N) is 2. The van der Waals surface area contributed by atoms with Gasteiger partial charge in [-0.05, 0) is 48.2 Å². The summed E-state index contributed by atoms with van der Waals surface area (Å²) in [6, 6.07) is 22.3. The van der Waals surface area contributed by atoms with Crippen molar-refractivity contribution in [2.24, 2.45) is 5.92 Å². The van der Waals surface area contributed by atoms with Gasteiger partial charge in [0.2, 0.25) is 11.8 Å². The molecule has 0 aliphatic carbocycles. The van der Waals surface area contributed by atoms with E-state index >= 15 is 0 Å². The van der Waals surface area contributed by atoms with Crippen molar-refractivity contribution in [2.75, 3.05) is 23.4 Å². The first-order valence-corrected chi connectivity index (χ1v) is 15.4. The number of aromatic nitrogens is 1. The Morgan fingerprint density at radius 2 is 1.91 bits per heavy atom. The molecular formula is C36H38N4O5. The topological polar surface area (TPSA) is 126 Å². The van der Waals surface area contributed by atoms with Crippen LogP contribution in [0.15, 0.2) is 91.1 Å². The number of hydrogen-bond acceptors (Lipinski definition) is 5. The van der Waals surface area contributed by atoms with Crippen LogP contribution in [0.4, 0.5) is 11.4 Å². The van der Waals surface area contributed by atoms with Crippen LogP contribution < -0.4 is 10.2 Å². The van der Waals surface area contributed by atoms with E-state index in [0.29, 0.717) is 23.5 Å². The van der Waals surface area contributed by atoms with Gasteiger partial charge in [-0.1, -0.05) is 67.6 Å². The fourth-order valence-electron chi connectivity index (χ4n) is 6.63. The predicted molar refractivity (Wildman–Crippen MR) is 173 cm³/mol. The maximum absolute atomic E-state index is 13.9. The van der Waals surface area contributed by atoms with E-state index in [4.69, 9.17) is 0 Å². The molecule has 0 bridgehead atoms. The van der Waals surface area contributed by atoms with Gasteiger partial charge in [0.25, 0.3) is 5.91 Å². The highest BCUT2D eigenvalue weighted by Gasteiger charge is 2.52. The van der Waals surface area contributed by atoms with Gasteiger partial charge < -0.3 is 30.3 Å². The van der Waals surface area contributed by atoms with Gasteiger partial charge in [0.1, 0.15) is 0 Å². The van der Waals surface area contributed by atoms with Crippen LogP contribution in [0, 0.1) is 5.92 Å². The normalized spacial score (nSPS) is 20.2. The first-order chi connectivity index (χ1) is 21.8. The molecule has 3 atom stereocenters. The Bertz CT molecular complexity index is 1760. The van der Waals surface area contributed by atoms with Crippen LogP contribution in [0.3, 0.4) is 0 Å². The number of carbonyl (C=O) groups excluding carboxylic acids is 3. The Labute approximate surface area is 262 Å². The van der Waals surface area contributed by atoms with Crippen molar-refractivity contribution in [3.05, 3.63) is 108 Å². The minimum atomic E-state index is -1.80. The maximum Gasteiger partial charge on any atom is 0.264 e. The summed E-state index contributed by atoms with van der Waals surface area (Å²) in [5.41, 5.74) is 2.65. The molecule has 9 nitrogen and oxygen atoms in total. The summed E-state index contributed by atoms with van der Waals surface area (Å²) in [5.74, 6) is -1.27. The average Bonchev–Trinajstić information content (AvgIpc) is 3.75. The molecule has 3 aromatic carbocycles. The molecule has 9 heteroatoms. The zero-order valence-corrected chi connectivity index (χ0v) is 25.3. The lowest BCUT2D eigenvalue weighted by molar-refractivity contribution is -0.139. The van der Waals surface area contributed by atoms with Crippen molar-refractivity contribution in [3.63, 3.8) is 0 Å². The van der Waals surface area contributed by atoms with Crippen molar-refractivity contribution in [2.45, 2.75) is 50.8 Å². The standard InChI is InChI=1S/C36H38N4O5/c1-24(9-6-17-34(43)39-18-8-12-28(39)23-41)36(45)30-14-3-5-16-32(30)40(35(36)44)22-25-10-7-11-27(19-25)38-33(42)20-26-21-37-31-15-4-2-13-29(26)31/h2-7,9-11,13-16,19,21,24,28,37,41,45H,8,12,17-18,20,22-23H2,1H3,(H,38,42)/b9-6+/t24-,28+,36+/m1/s1. The van der Waals surface area contributed by atoms with Gasteiger partial charge in [0, 0.05) is 47.2 Å². The van der Waals surface area contributed by atoms with Crippen LogP contribution >= 0.6 is 0 Å². The second kappa shape index (κ2) is 12.7. The molecule has 6 rings (SSSR count). The summed E-state index contributed by atoms with van der Waals surface area (Å²) in [6.07, 6.45) is 7.31. The van der Waals surface area contributed by atoms with E-state index in [1.165, 1.54) is 0 Å². The Morgan fingerprint density at radius 1 is 1.11 bits per heavy atom. The lowest BCUT2D eigenvalue weighted by atomic mass is 9.83. The number of aliphatic hydroxyl groups is 2. The Morgan fingerprint density at radius 3 is 2.76 bits per heavy atom. The Kier molecular flexibility index (Phi) is 8.56. The number of likely N-dealkylation sites (tertiary alicyclic amines) is 1. The van der Waals surface area contributed by atoms with E-state index in [9.17, 15) is 24.6 Å². The lowest BCUT2D eigenvalue weighted by Crippen LogP contribution is -2.44. The third kappa shape index (κ3) is 5.89. The van der Waals surface area contributed by atoms with Crippen LogP contribution in [0.5, 0.6) is 0 Å². The Hall–Kier alpha value is -4.73. The smallest absolute Gasteiger partial charge is 0.264 e. The zero-order chi connectivity index (χ0) is 31.6. The quantitative estimate of drug-likeness (QED) is 0.196. The first kappa shape index (κ1) is 30.3. The molecule has 2 aliphatic rings. The molecule has 0 radical (unpaired) electrons. The number of nitrogens with one attached hydrogen (secondary N) is 2. The molecule has 1 aromatic heterocycles. The number of aliphatic hydroxyl groups excluding tert-OH is 1. The predicted octanol–water partition coefficient (Wildman–Crippen LogP) is 4.65. The lowest BCUT2D eigenvalue weighted by Gasteiger charge is -2.28. The van der Waals surface area contributed by atoms with Crippen molar-refractivity contribution in [3.8, 4) is 0 Å². The number of anilines is 2. The van der Waals surface area contributed by atoms with Crippen molar-refractivity contribution >= 4 is 40.0 Å². The number of H-pyrrole nitrogens is 1. The van der Waals surface area contributed by atoms with Crippen LogP contribution in [-0.2, 0) is 33.0 Å². The van der Waals surface area contributed by atoms with Gasteiger partial charge in [-0.2, -0.15) is 0 Å². The third-order valence-corrected chi connectivity index (χ3v) is 9.04. The number of para-hydroxylation sites is 2. The zero-order valence-electron chi connectivity index (χ0n) is 25.3. The minimum Gasteiger partial charge on any atom is -0.394 e. The molecule has 3 heterocycles. The molecule has 2 aliphatic heterocycles. The van der Waals surface area contributed by atoms with Crippen LogP contribution in [-0.4, -0.2) is 57.0 Å². The molecule has 1 fully saturated rings. The molecule has 232 valence electrons. The van der Waals surface area contributed by atoms with E-state index in [0.717, 1.165) is 34.9 Å². The Balaban J connectivity index is 1.14. The summed E-state index contributed by atoms with van der Waals surface area (Å²) in [7, 11) is 0. The van der Waals surface area contributed by atoms with E-state index in [1.54, 1.807) is 41.0 Å². The largest absolute Gasteiger partial charge is 0.394 e. The fourth-order valence-corrected chi connectivity index (χ4v) is 6.63. The average molecular weight is 607 g/mol. The van der Waals surface area contributed by atoms with Gasteiger partial charge in [0.15, 0.2) is 5.60 Å². The second-order valence-corrected chi connectivity index (χ2v) is 11.9. The summed E-state index contributed by atoms with van der Waals surface area (Å²) >= 11 is 0. The minimum absolute atomic E-state index is 0.0486. The molecule has 45 heavy (non-hydrogen) atoms. The second-order valence-electron chi connectivity index (χ2n) is 11.9. The van der Waals surface area contributed by atoms with Crippen molar-refractivity contribution in [1.82, 2.24) is 9.88 Å². The molecular weight excluding hydrogens is 568 g/mol. The molecule has 0 unspecified atom stereocenters. The number of fused-ring (bicyclic) bond motifs is 2. The number of benzene rings is 3. The number of hydrogen-bond donors (Lipinski definition) is 4. The van der Waals surface area contributed by atoms with Crippen LogP contribution in [0.1, 0.15) is 42.9 Å². The molecule has 3 amide bonds. The molecule has 4 N–H and O–H groups in total. The van der Waals surface area contributed by atoms with Gasteiger partial charge in [-0.25, -0.2) is 0 Å². The summed E-state index contributed by atoms with van der Waals surface area (Å²) in [4.78, 5) is 46.1. The van der Waals surface area contributed by atoms with E-state index in [-0.39, 0.29) is 43.8 Å². The van der Waals surface area contributed by atoms with Gasteiger partial charge in [-0.15, -0.1) is 0 Å². The SMILES string of the molecule is C[C@H](/C=C/CC(=O)N1CCC[C@H]1CO)[C@@]1(O)C(=O)N(Cc2cccc(NC(=O)Cc3c[nH]c4ccccc34)c2)c2ccccc21. The van der Waals surface area contributed by atoms with E-state index in [2.05, 4.69) is 10.3 Å². The summed E-state index contributed by atoms with van der Waals surface area (Å²) in [5, 5.41) is 25.5. The number of carbonyl (C=O) groups is 3. The summed E-state index contributed by atoms with van der Waals surface area (Å²) in [6.45, 7) is 2.56. The van der Waals surface area contributed by atoms with E-state index in [1.807, 2.05) is 66.9 Å². The van der Waals surface area contributed by atoms with Gasteiger partial charge >= 0.3 is 0 Å². The number of aromatic amines is 1. The summed E-state index contributed by atoms with van der Waals surface area (Å²) < 4.78 is 0. The molecule has 0 saturated carbocycles. The van der Waals surface area contributed by atoms with Crippen molar-refractivity contribution in [1.29, 1.82) is 0 Å². The van der Waals surface area contributed by atoms with E-state index < -0.39 is 17.4 Å². The number of amides is 3. The van der Waals surface area contributed by atoms with Crippen LogP contribution in [0.2, 0.25) is 0 Å². The van der Waals surface area contributed by atoms with Gasteiger partial charge in [0.05, 0.1) is 31.3 Å². The molecule has 1 saturated heterocycles. The fraction of sp³-hybridized carbons (Fsp3) is 0.306. The monoisotopic (exact) mass is 606 g/mol. The molecule has 0 spiro atoms. The van der Waals surface area contributed by atoms with Crippen molar-refractivity contribution < 1.29 is 24.6 Å². The molecule has 4 aromatic rings. The maximum atomic E-state index is 13.9.